The van der Waals surface area contributed by atoms with E-state index in [9.17, 15) is 9.59 Å². The Balaban J connectivity index is 1.59. The molecule has 27 heavy (non-hydrogen) atoms. The Hall–Kier alpha value is -2.90. The molecule has 0 saturated heterocycles. The first-order valence-electron chi connectivity index (χ1n) is 9.27. The van der Waals surface area contributed by atoms with Gasteiger partial charge in [0.15, 0.2) is 5.82 Å². The summed E-state index contributed by atoms with van der Waals surface area (Å²) in [4.78, 5) is 23.4. The fraction of sp³-hybridized carbons (Fsp3) is 0.474. The van der Waals surface area contributed by atoms with Crippen molar-refractivity contribution < 1.29 is 14.7 Å². The molecule has 1 aliphatic rings. The molecule has 0 saturated carbocycles. The van der Waals surface area contributed by atoms with E-state index in [-0.39, 0.29) is 24.5 Å². The molecule has 2 heterocycles. The number of hydrogen-bond acceptors (Lipinski definition) is 4. The number of aromatic nitrogens is 3. The van der Waals surface area contributed by atoms with E-state index in [2.05, 4.69) is 25.4 Å². The fourth-order valence-electron chi connectivity index (χ4n) is 3.40. The topological polar surface area (TPSA) is 109 Å². The lowest BCUT2D eigenvalue weighted by molar-refractivity contribution is -0.137. The van der Waals surface area contributed by atoms with Crippen molar-refractivity contribution in [3.05, 3.63) is 47.5 Å². The van der Waals surface area contributed by atoms with Crippen molar-refractivity contribution >= 4 is 12.0 Å². The highest BCUT2D eigenvalue weighted by Crippen LogP contribution is 2.18. The predicted molar refractivity (Wildman–Crippen MR) is 99.2 cm³/mol. The number of aryl methyl sites for hydroxylation is 1. The van der Waals surface area contributed by atoms with E-state index in [4.69, 9.17) is 5.11 Å². The van der Waals surface area contributed by atoms with Crippen LogP contribution in [0.3, 0.4) is 0 Å². The second-order valence-electron chi connectivity index (χ2n) is 6.89. The van der Waals surface area contributed by atoms with Crippen molar-refractivity contribution in [2.45, 2.75) is 57.7 Å². The number of rotatable bonds is 8. The van der Waals surface area contributed by atoms with Gasteiger partial charge in [0.1, 0.15) is 5.82 Å². The maximum absolute atomic E-state index is 12.5. The molecule has 2 atom stereocenters. The molecule has 0 spiro atoms. The number of nitrogens with one attached hydrogen (secondary N) is 2. The molecule has 0 aliphatic carbocycles. The number of carboxylic acids is 1. The molecule has 8 nitrogen and oxygen atoms in total. The summed E-state index contributed by atoms with van der Waals surface area (Å²) in [6.45, 7) is 2.75. The number of carbonyl (C=O) groups excluding carboxylic acids is 1. The van der Waals surface area contributed by atoms with Gasteiger partial charge in [-0.25, -0.2) is 4.79 Å². The number of carboxylic acid groups (broad SMARTS) is 1. The minimum Gasteiger partial charge on any atom is -0.481 e. The summed E-state index contributed by atoms with van der Waals surface area (Å²) in [7, 11) is 0. The minimum absolute atomic E-state index is 0.00498. The Morgan fingerprint density at radius 2 is 2.00 bits per heavy atom. The van der Waals surface area contributed by atoms with Crippen LogP contribution in [-0.2, 0) is 24.2 Å². The molecule has 8 heteroatoms. The standard InChI is InChI=1S/C19H25N5O3/c1-13(18-23-22-16-8-5-11-24(16)18)20-19(27)21-15(9-10-17(25)26)12-14-6-3-2-4-7-14/h2-4,6-7,13,15H,5,8-12H2,1H3,(H,25,26)(H2,20,21,27). The highest BCUT2D eigenvalue weighted by Gasteiger charge is 2.23. The number of benzene rings is 1. The Kier molecular flexibility index (Phi) is 6.05. The van der Waals surface area contributed by atoms with Crippen molar-refractivity contribution in [1.82, 2.24) is 25.4 Å². The van der Waals surface area contributed by atoms with Crippen molar-refractivity contribution in [2.75, 3.05) is 0 Å². The van der Waals surface area contributed by atoms with Crippen LogP contribution < -0.4 is 10.6 Å². The number of fused-ring (bicyclic) bond motifs is 1. The first kappa shape index (κ1) is 18.9. The quantitative estimate of drug-likeness (QED) is 0.658. The molecule has 0 bridgehead atoms. The zero-order valence-electron chi connectivity index (χ0n) is 15.4. The average Bonchev–Trinajstić information content (AvgIpc) is 3.23. The summed E-state index contributed by atoms with van der Waals surface area (Å²) >= 11 is 0. The van der Waals surface area contributed by atoms with Crippen molar-refractivity contribution in [3.63, 3.8) is 0 Å². The molecule has 144 valence electrons. The second kappa shape index (κ2) is 8.66. The van der Waals surface area contributed by atoms with Crippen LogP contribution in [0.2, 0.25) is 0 Å². The molecule has 2 amide bonds. The highest BCUT2D eigenvalue weighted by molar-refractivity contribution is 5.74. The summed E-state index contributed by atoms with van der Waals surface area (Å²) in [5, 5.41) is 23.1. The highest BCUT2D eigenvalue weighted by atomic mass is 16.4. The minimum atomic E-state index is -0.873. The largest absolute Gasteiger partial charge is 0.481 e. The molecule has 3 N–H and O–H groups in total. The number of carbonyl (C=O) groups is 2. The maximum atomic E-state index is 12.5. The van der Waals surface area contributed by atoms with Crippen LogP contribution in [0.4, 0.5) is 4.79 Å². The molecule has 1 aliphatic heterocycles. The van der Waals surface area contributed by atoms with Crippen LogP contribution in [0.25, 0.3) is 0 Å². The van der Waals surface area contributed by atoms with Crippen LogP contribution >= 0.6 is 0 Å². The van der Waals surface area contributed by atoms with Gasteiger partial charge in [0, 0.05) is 25.4 Å². The SMILES string of the molecule is CC(NC(=O)NC(CCC(=O)O)Cc1ccccc1)c1nnc2n1CCC2. The Morgan fingerprint density at radius 3 is 2.74 bits per heavy atom. The molecule has 2 aromatic rings. The third-order valence-corrected chi connectivity index (χ3v) is 4.74. The normalized spacial score (nSPS) is 15.0. The van der Waals surface area contributed by atoms with Crippen LogP contribution in [-0.4, -0.2) is 37.9 Å². The zero-order valence-corrected chi connectivity index (χ0v) is 15.4. The lowest BCUT2D eigenvalue weighted by atomic mass is 10.0. The number of urea groups is 1. The summed E-state index contributed by atoms with van der Waals surface area (Å²) in [5.74, 6) is 0.841. The average molecular weight is 371 g/mol. The third-order valence-electron chi connectivity index (χ3n) is 4.74. The van der Waals surface area contributed by atoms with E-state index in [0.29, 0.717) is 12.8 Å². The van der Waals surface area contributed by atoms with Crippen LogP contribution in [0.5, 0.6) is 0 Å². The van der Waals surface area contributed by atoms with Crippen molar-refractivity contribution in [2.24, 2.45) is 0 Å². The lowest BCUT2D eigenvalue weighted by Crippen LogP contribution is -2.44. The fourth-order valence-corrected chi connectivity index (χ4v) is 3.40. The summed E-state index contributed by atoms with van der Waals surface area (Å²) in [5.41, 5.74) is 1.05. The monoisotopic (exact) mass is 371 g/mol. The first-order chi connectivity index (χ1) is 13.0. The van der Waals surface area contributed by atoms with Gasteiger partial charge in [-0.2, -0.15) is 0 Å². The van der Waals surface area contributed by atoms with Crippen LogP contribution in [0, 0.1) is 0 Å². The van der Waals surface area contributed by atoms with Crippen LogP contribution in [0.15, 0.2) is 30.3 Å². The Morgan fingerprint density at radius 1 is 1.22 bits per heavy atom. The van der Waals surface area contributed by atoms with Gasteiger partial charge < -0.3 is 20.3 Å². The zero-order chi connectivity index (χ0) is 19.2. The number of nitrogens with zero attached hydrogens (tertiary/aromatic N) is 3. The molecule has 1 aromatic heterocycles. The Bertz CT molecular complexity index is 790. The van der Waals surface area contributed by atoms with Gasteiger partial charge in [-0.3, -0.25) is 4.79 Å². The van der Waals surface area contributed by atoms with Gasteiger partial charge in [-0.05, 0) is 31.7 Å². The van der Waals surface area contributed by atoms with E-state index in [1.165, 1.54) is 0 Å². The molecular formula is C19H25N5O3. The Labute approximate surface area is 158 Å². The molecule has 1 aromatic carbocycles. The van der Waals surface area contributed by atoms with Crippen molar-refractivity contribution in [1.29, 1.82) is 0 Å². The van der Waals surface area contributed by atoms with Crippen LogP contribution in [0.1, 0.15) is 49.4 Å². The number of hydrogen-bond donors (Lipinski definition) is 3. The maximum Gasteiger partial charge on any atom is 0.315 e. The van der Waals surface area contributed by atoms with E-state index < -0.39 is 5.97 Å². The second-order valence-corrected chi connectivity index (χ2v) is 6.89. The lowest BCUT2D eigenvalue weighted by Gasteiger charge is -2.21. The summed E-state index contributed by atoms with van der Waals surface area (Å²) in [6.07, 6.45) is 2.92. The van der Waals surface area contributed by atoms with Gasteiger partial charge >= 0.3 is 12.0 Å². The molecule has 0 radical (unpaired) electrons. The van der Waals surface area contributed by atoms with Gasteiger partial charge in [0.2, 0.25) is 0 Å². The van der Waals surface area contributed by atoms with E-state index in [1.807, 2.05) is 37.3 Å². The van der Waals surface area contributed by atoms with E-state index in [1.54, 1.807) is 0 Å². The molecule has 0 fully saturated rings. The number of amides is 2. The van der Waals surface area contributed by atoms with Gasteiger partial charge in [0.25, 0.3) is 0 Å². The molecule has 2 unspecified atom stereocenters. The molecular weight excluding hydrogens is 346 g/mol. The number of aliphatic carboxylic acids is 1. The van der Waals surface area contributed by atoms with E-state index >= 15 is 0 Å². The van der Waals surface area contributed by atoms with Gasteiger partial charge in [0.05, 0.1) is 6.04 Å². The van der Waals surface area contributed by atoms with E-state index in [0.717, 1.165) is 36.6 Å². The van der Waals surface area contributed by atoms with Gasteiger partial charge in [-0.1, -0.05) is 30.3 Å². The predicted octanol–water partition coefficient (Wildman–Crippen LogP) is 2.06. The smallest absolute Gasteiger partial charge is 0.315 e. The first-order valence-corrected chi connectivity index (χ1v) is 9.27. The van der Waals surface area contributed by atoms with Gasteiger partial charge in [-0.15, -0.1) is 10.2 Å². The summed E-state index contributed by atoms with van der Waals surface area (Å²) < 4.78 is 2.05. The third kappa shape index (κ3) is 5.06. The van der Waals surface area contributed by atoms with Crippen molar-refractivity contribution in [3.8, 4) is 0 Å². The molecule has 3 rings (SSSR count). The summed E-state index contributed by atoms with van der Waals surface area (Å²) in [6, 6.07) is 8.85.